The number of benzene rings is 17. The van der Waals surface area contributed by atoms with Gasteiger partial charge in [0.2, 0.25) is 0 Å². The lowest BCUT2D eigenvalue weighted by Crippen LogP contribution is -2.61. The third-order valence-corrected chi connectivity index (χ3v) is 26.0. The molecule has 19 aromatic rings. The highest BCUT2D eigenvalue weighted by atomic mass is 15.2. The summed E-state index contributed by atoms with van der Waals surface area (Å²) in [5.74, 6) is 0. The smallest absolute Gasteiger partial charge is 0.252 e. The summed E-state index contributed by atoms with van der Waals surface area (Å²) in [6.45, 7) is 33.9. The second kappa shape index (κ2) is 26.8. The van der Waals surface area contributed by atoms with Crippen molar-refractivity contribution in [3.63, 3.8) is 0 Å². The van der Waals surface area contributed by atoms with E-state index in [1.165, 1.54) is 76.1 Å². The fourth-order valence-electron chi connectivity index (χ4n) is 19.6. The van der Waals surface area contributed by atoms with Crippen LogP contribution in [-0.2, 0) is 27.1 Å². The molecule has 0 N–H and O–H groups in total. The average Bonchev–Trinajstić information content (AvgIpc) is 1.08. The quantitative estimate of drug-likeness (QED) is 0.111. The van der Waals surface area contributed by atoms with Crippen LogP contribution >= 0.6 is 0 Å². The average molecular weight is 1540 g/mol. The van der Waals surface area contributed by atoms with Crippen LogP contribution in [0.25, 0.3) is 143 Å². The van der Waals surface area contributed by atoms with Crippen LogP contribution in [0.4, 0.5) is 34.1 Å². The van der Waals surface area contributed by atoms with Crippen molar-refractivity contribution in [1.29, 1.82) is 0 Å². The molecule has 0 atom stereocenters. The van der Waals surface area contributed by atoms with Crippen LogP contribution in [0.1, 0.15) is 134 Å². The Morgan fingerprint density at radius 2 is 0.555 bits per heavy atom. The van der Waals surface area contributed by atoms with Crippen LogP contribution in [-0.4, -0.2) is 15.8 Å². The van der Waals surface area contributed by atoms with Gasteiger partial charge in [0.15, 0.2) is 0 Å². The zero-order chi connectivity index (χ0) is 83.4. The van der Waals surface area contributed by atoms with Gasteiger partial charge < -0.3 is 18.9 Å². The maximum atomic E-state index is 11.9. The topological polar surface area (TPSA) is 16.3 Å². The number of hydrogen-bond acceptors (Lipinski definition) is 2. The number of aromatic nitrogens is 2. The van der Waals surface area contributed by atoms with Crippen LogP contribution in [0.5, 0.6) is 0 Å². The molecule has 0 saturated carbocycles. The highest BCUT2D eigenvalue weighted by Gasteiger charge is 2.47. The van der Waals surface area contributed by atoms with Crippen molar-refractivity contribution < 1.29 is 2.74 Å². The minimum absolute atomic E-state index is 0.110. The number of hydrogen-bond donors (Lipinski definition) is 0. The summed E-state index contributed by atoms with van der Waals surface area (Å²) in [5.41, 5.74) is 27.7. The fourth-order valence-corrected chi connectivity index (χ4v) is 19.6. The molecule has 2 aromatic heterocycles. The number of anilines is 6. The van der Waals surface area contributed by atoms with E-state index in [0.717, 1.165) is 139 Å². The molecule has 578 valence electrons. The first kappa shape index (κ1) is 71.4. The van der Waals surface area contributed by atoms with Crippen molar-refractivity contribution in [1.82, 2.24) is 9.13 Å². The number of nitrogens with zero attached hydrogens (tertiary/aromatic N) is 4. The minimum Gasteiger partial charge on any atom is -0.310 e. The summed E-state index contributed by atoms with van der Waals surface area (Å²) in [5, 5.41) is 14.2. The third-order valence-electron chi connectivity index (χ3n) is 26.0. The number of rotatable bonds is 8. The van der Waals surface area contributed by atoms with Gasteiger partial charge in [-0.3, -0.25) is 0 Å². The lowest BCUT2D eigenvalue weighted by Gasteiger charge is -2.46. The van der Waals surface area contributed by atoms with Crippen molar-refractivity contribution in [2.75, 3.05) is 9.80 Å². The van der Waals surface area contributed by atoms with Gasteiger partial charge in [0, 0.05) is 77.9 Å². The highest BCUT2D eigenvalue weighted by Crippen LogP contribution is 2.56. The maximum Gasteiger partial charge on any atom is 0.252 e. The van der Waals surface area contributed by atoms with E-state index in [1.54, 1.807) is 0 Å². The molecule has 0 fully saturated rings. The van der Waals surface area contributed by atoms with Crippen LogP contribution in [0, 0.1) is 0 Å². The molecule has 4 heterocycles. The van der Waals surface area contributed by atoms with Crippen LogP contribution in [0.3, 0.4) is 0 Å². The molecule has 0 bridgehead atoms. The van der Waals surface area contributed by atoms with E-state index in [0.29, 0.717) is 17.6 Å². The number of para-hydroxylation sites is 2. The Morgan fingerprint density at radius 3 is 0.916 bits per heavy atom. The fraction of sp³-hybridized carbons (Fsp3) is 0.175. The van der Waals surface area contributed by atoms with E-state index in [-0.39, 0.29) is 21.7 Å². The second-order valence-corrected chi connectivity index (χ2v) is 38.7. The highest BCUT2D eigenvalue weighted by molar-refractivity contribution is 7.00. The first-order valence-corrected chi connectivity index (χ1v) is 42.5. The molecule has 2 aliphatic heterocycles. The summed E-state index contributed by atoms with van der Waals surface area (Å²) < 4.78 is 28.9. The van der Waals surface area contributed by atoms with Gasteiger partial charge in [0.05, 0.1) is 36.2 Å². The van der Waals surface area contributed by atoms with E-state index < -0.39 is 12.1 Å². The van der Waals surface area contributed by atoms with Crippen molar-refractivity contribution in [3.05, 3.63) is 355 Å². The van der Waals surface area contributed by atoms with Gasteiger partial charge in [-0.2, -0.15) is 0 Å². The molecule has 2 aliphatic rings. The third kappa shape index (κ3) is 11.8. The summed E-state index contributed by atoms with van der Waals surface area (Å²) in [6, 6.07) is 120. The largest absolute Gasteiger partial charge is 0.310 e. The van der Waals surface area contributed by atoms with Gasteiger partial charge in [-0.05, 0) is 222 Å². The van der Waals surface area contributed by atoms with E-state index in [4.69, 9.17) is 0 Å². The monoisotopic (exact) mass is 1540 g/mol. The molecular weight excluding hydrogens is 1440 g/mol. The van der Waals surface area contributed by atoms with Crippen LogP contribution < -0.4 is 26.2 Å². The Hall–Kier alpha value is -13.0. The molecule has 0 saturated heterocycles. The molecule has 0 unspecified atom stereocenters. The first-order chi connectivity index (χ1) is 58.1. The Morgan fingerprint density at radius 1 is 0.235 bits per heavy atom. The van der Waals surface area contributed by atoms with Gasteiger partial charge in [-0.15, -0.1) is 0 Å². The second-order valence-electron chi connectivity index (χ2n) is 38.7. The molecule has 5 heteroatoms. The Kier molecular flexibility index (Phi) is 16.1. The van der Waals surface area contributed by atoms with Gasteiger partial charge in [0.1, 0.15) is 0 Å². The summed E-state index contributed by atoms with van der Waals surface area (Å²) in [4.78, 5) is 5.08. The lowest BCUT2D eigenvalue weighted by molar-refractivity contribution is 0.590. The van der Waals surface area contributed by atoms with E-state index in [2.05, 4.69) is 438 Å². The van der Waals surface area contributed by atoms with Crippen LogP contribution in [0.15, 0.2) is 328 Å². The SMILES string of the molecule is [2H]c1c2c3c(c([2H])c1C(C)(C)C)N(c1c(-c4ccccc4)cccc1-c1cccc4c1ccc1ccccc14)c1cc(-n4c5ccc(C(C)(C)C)cc5c5cc(C(C)(C)C)ccc54)ccc1B3c1ccc(-n3c4ccc(C(C)(C)C)cc4c4cc(C(C)(C)C)ccc43)cc1N2c1c(-c2ccccc2)cccc1-c1cccc2c1ccc1ccccc12. The Balaban J connectivity index is 0.953. The van der Waals surface area contributed by atoms with Crippen molar-refractivity contribution in [3.8, 4) is 55.9 Å². The molecule has 119 heavy (non-hydrogen) atoms. The van der Waals surface area contributed by atoms with Crippen molar-refractivity contribution in [2.45, 2.75) is 131 Å². The predicted octanol–water partition coefficient (Wildman–Crippen LogP) is 29.7. The molecule has 0 spiro atoms. The van der Waals surface area contributed by atoms with Gasteiger partial charge in [-0.1, -0.05) is 347 Å². The molecule has 0 aliphatic carbocycles. The Labute approximate surface area is 703 Å². The number of fused-ring (bicyclic) bond motifs is 16. The molecule has 0 amide bonds. The van der Waals surface area contributed by atoms with Crippen molar-refractivity contribution in [2.24, 2.45) is 0 Å². The molecule has 21 rings (SSSR count). The van der Waals surface area contributed by atoms with E-state index in [9.17, 15) is 2.74 Å². The van der Waals surface area contributed by atoms with Gasteiger partial charge in [0.25, 0.3) is 6.71 Å². The van der Waals surface area contributed by atoms with Crippen LogP contribution in [0.2, 0.25) is 0 Å². The molecule has 0 radical (unpaired) electrons. The van der Waals surface area contributed by atoms with Gasteiger partial charge in [-0.25, -0.2) is 0 Å². The summed E-state index contributed by atoms with van der Waals surface area (Å²) >= 11 is 0. The minimum atomic E-state index is -0.769. The summed E-state index contributed by atoms with van der Waals surface area (Å²) in [6.07, 6.45) is 0. The molecular formula is C114H99BN4. The zero-order valence-electron chi connectivity index (χ0n) is 72.9. The molecule has 4 nitrogen and oxygen atoms in total. The van der Waals surface area contributed by atoms with Crippen molar-refractivity contribution >= 4 is 144 Å². The molecule has 17 aromatic carbocycles. The standard InChI is InChI=1S/C114H99BN4/c1-110(2,3)74-48-58-99-93(62-74)94-63-75(111(4,5)6)49-59-100(94)116(99)79-52-56-97-103(68-79)118(108-83(70-30-18-16-19-31-70)38-26-44-91(108)87-42-28-40-85-81-36-24-22-34-72(81)46-54-89(85)87)105-66-78(114(13,14)15)67-106-107(105)115(97)98-57-53-80(117-101-60-50-76(112(7,8)9)64-95(101)96-65-77(113(10,11)12)51-61-102(96)117)69-104(98)119(106)109-84(71-32-20-17-21-33-71)39-27-45-92(109)88-43-29-41-86-82-37-25-23-35-73(82)47-55-90(86)88/h16-69H,1-15H3/i66D,67D. The summed E-state index contributed by atoms with van der Waals surface area (Å²) in [7, 11) is 0. The lowest BCUT2D eigenvalue weighted by atomic mass is 9.33. The normalized spacial score (nSPS) is 13.5. The first-order valence-electron chi connectivity index (χ1n) is 43.5. The van der Waals surface area contributed by atoms with E-state index in [1.807, 2.05) is 0 Å². The predicted molar refractivity (Wildman–Crippen MR) is 514 cm³/mol. The Bertz CT molecular complexity index is 6990. The maximum absolute atomic E-state index is 11.9. The zero-order valence-corrected chi connectivity index (χ0v) is 70.9. The van der Waals surface area contributed by atoms with Gasteiger partial charge >= 0.3 is 0 Å². The van der Waals surface area contributed by atoms with E-state index >= 15 is 0 Å².